The van der Waals surface area contributed by atoms with E-state index in [1.165, 1.54) is 12.1 Å². The molecule has 0 aliphatic heterocycles. The van der Waals surface area contributed by atoms with E-state index in [9.17, 15) is 9.18 Å². The predicted molar refractivity (Wildman–Crippen MR) is 135 cm³/mol. The Bertz CT molecular complexity index is 1770. The summed E-state index contributed by atoms with van der Waals surface area (Å²) in [6, 6.07) is 19.1. The number of hydrogen-bond acceptors (Lipinski definition) is 5. The van der Waals surface area contributed by atoms with E-state index in [2.05, 4.69) is 20.3 Å². The molecule has 1 amide bonds. The molecule has 0 radical (unpaired) electrons. The van der Waals surface area contributed by atoms with Crippen molar-refractivity contribution in [3.63, 3.8) is 0 Å². The highest BCUT2D eigenvalue weighted by Gasteiger charge is 2.18. The van der Waals surface area contributed by atoms with Crippen LogP contribution in [0, 0.1) is 12.7 Å². The summed E-state index contributed by atoms with van der Waals surface area (Å²) < 4.78 is 17.0. The number of pyridine rings is 1. The fraction of sp³-hybridized carbons (Fsp3) is 0.0741. The molecule has 0 spiro atoms. The van der Waals surface area contributed by atoms with Crippen LogP contribution in [-0.2, 0) is 7.05 Å². The normalized spacial score (nSPS) is 11.3. The first-order chi connectivity index (χ1) is 17.5. The van der Waals surface area contributed by atoms with Gasteiger partial charge in [-0.1, -0.05) is 12.1 Å². The van der Waals surface area contributed by atoms with Gasteiger partial charge in [0.15, 0.2) is 11.5 Å². The van der Waals surface area contributed by atoms with E-state index in [4.69, 9.17) is 5.10 Å². The topological polar surface area (TPSA) is 90.0 Å². The van der Waals surface area contributed by atoms with Gasteiger partial charge >= 0.3 is 0 Å². The van der Waals surface area contributed by atoms with Crippen molar-refractivity contribution < 1.29 is 9.18 Å². The molecule has 6 aromatic rings. The number of aromatic nitrogens is 6. The van der Waals surface area contributed by atoms with Crippen LogP contribution in [0.2, 0.25) is 0 Å². The van der Waals surface area contributed by atoms with Crippen molar-refractivity contribution in [2.24, 2.45) is 7.05 Å². The van der Waals surface area contributed by atoms with Crippen LogP contribution in [0.4, 0.5) is 10.2 Å². The van der Waals surface area contributed by atoms with E-state index in [-0.39, 0.29) is 11.7 Å². The van der Waals surface area contributed by atoms with Gasteiger partial charge in [-0.05, 0) is 61.5 Å². The van der Waals surface area contributed by atoms with E-state index in [1.807, 2.05) is 48.9 Å². The lowest BCUT2D eigenvalue weighted by Crippen LogP contribution is -2.12. The lowest BCUT2D eigenvalue weighted by atomic mass is 10.1. The molecular weight excluding hydrogens is 457 g/mol. The number of fused-ring (bicyclic) bond motifs is 2. The Balaban J connectivity index is 1.33. The molecule has 8 nitrogen and oxygen atoms in total. The molecule has 0 unspecified atom stereocenters. The van der Waals surface area contributed by atoms with Gasteiger partial charge < -0.3 is 9.88 Å². The quantitative estimate of drug-likeness (QED) is 0.384. The number of rotatable bonds is 4. The summed E-state index contributed by atoms with van der Waals surface area (Å²) in [5, 5.41) is 8.52. The molecule has 176 valence electrons. The van der Waals surface area contributed by atoms with Crippen molar-refractivity contribution in [2.45, 2.75) is 6.92 Å². The molecule has 0 atom stereocenters. The molecule has 1 N–H and O–H groups in total. The van der Waals surface area contributed by atoms with Crippen LogP contribution >= 0.6 is 0 Å². The number of carbonyl (C=O) groups excluding carboxylic acids is 1. The van der Waals surface area contributed by atoms with Gasteiger partial charge in [0.05, 0.1) is 23.1 Å². The fourth-order valence-electron chi connectivity index (χ4n) is 4.18. The first kappa shape index (κ1) is 21.6. The number of imidazole rings is 2. The minimum Gasteiger partial charge on any atom is -0.330 e. The zero-order valence-electron chi connectivity index (χ0n) is 19.5. The third-order valence-corrected chi connectivity index (χ3v) is 6.11. The van der Waals surface area contributed by atoms with Gasteiger partial charge in [0.1, 0.15) is 17.3 Å². The molecule has 2 aromatic carbocycles. The second kappa shape index (κ2) is 8.38. The van der Waals surface area contributed by atoms with Gasteiger partial charge in [-0.3, -0.25) is 9.78 Å². The Morgan fingerprint density at radius 2 is 1.83 bits per heavy atom. The van der Waals surface area contributed by atoms with Crippen molar-refractivity contribution in [3.05, 3.63) is 96.3 Å². The van der Waals surface area contributed by atoms with Crippen molar-refractivity contribution in [1.82, 2.24) is 29.1 Å². The Morgan fingerprint density at radius 3 is 2.67 bits per heavy atom. The Labute approximate surface area is 205 Å². The Morgan fingerprint density at radius 1 is 1.00 bits per heavy atom. The van der Waals surface area contributed by atoms with Crippen molar-refractivity contribution in [3.8, 4) is 22.6 Å². The zero-order valence-corrected chi connectivity index (χ0v) is 19.5. The maximum absolute atomic E-state index is 13.5. The van der Waals surface area contributed by atoms with Gasteiger partial charge in [-0.15, -0.1) is 0 Å². The molecule has 0 saturated heterocycles. The maximum Gasteiger partial charge on any atom is 0.256 e. The van der Waals surface area contributed by atoms with Crippen molar-refractivity contribution >= 4 is 28.3 Å². The van der Waals surface area contributed by atoms with E-state index < -0.39 is 0 Å². The largest absolute Gasteiger partial charge is 0.330 e. The van der Waals surface area contributed by atoms with Crippen LogP contribution in [0.25, 0.3) is 39.2 Å². The molecule has 0 bridgehead atoms. The molecular formula is C27H20FN7O. The number of anilines is 1. The SMILES string of the molecule is Cc1nc(-c2ccc(F)cc2)c(-c2ccc3nc(NC(=O)c4ccc5cccnc5c4)cn3n2)n1C. The third kappa shape index (κ3) is 3.76. The second-order valence-electron chi connectivity index (χ2n) is 8.43. The van der Waals surface area contributed by atoms with Crippen LogP contribution in [0.1, 0.15) is 16.2 Å². The lowest BCUT2D eigenvalue weighted by Gasteiger charge is -2.07. The average Bonchev–Trinajstić information content (AvgIpc) is 3.43. The maximum atomic E-state index is 13.5. The minimum atomic E-state index is -0.305. The Kier molecular flexibility index (Phi) is 5.03. The van der Waals surface area contributed by atoms with Gasteiger partial charge in [-0.2, -0.15) is 5.10 Å². The molecule has 9 heteroatoms. The summed E-state index contributed by atoms with van der Waals surface area (Å²) in [6.45, 7) is 1.90. The molecule has 0 saturated carbocycles. The monoisotopic (exact) mass is 477 g/mol. The van der Waals surface area contributed by atoms with E-state index in [1.54, 1.807) is 41.2 Å². The number of benzene rings is 2. The zero-order chi connectivity index (χ0) is 24.8. The van der Waals surface area contributed by atoms with Crippen LogP contribution in [0.5, 0.6) is 0 Å². The van der Waals surface area contributed by atoms with Gasteiger partial charge in [0.25, 0.3) is 5.91 Å². The highest BCUT2D eigenvalue weighted by molar-refractivity contribution is 6.05. The fourth-order valence-corrected chi connectivity index (χ4v) is 4.18. The molecule has 36 heavy (non-hydrogen) atoms. The summed E-state index contributed by atoms with van der Waals surface area (Å²) in [5.41, 5.74) is 4.78. The number of nitrogens with zero attached hydrogens (tertiary/aromatic N) is 6. The standard InChI is InChI=1S/C27H20FN7O/c1-16-30-25(18-7-9-20(28)10-8-18)26(34(16)2)21-11-12-24-31-23(15-35(24)33-21)32-27(36)19-6-5-17-4-3-13-29-22(17)14-19/h3-15H,1-2H3,(H,32,36). The highest BCUT2D eigenvalue weighted by Crippen LogP contribution is 2.31. The van der Waals surface area contributed by atoms with E-state index in [0.717, 1.165) is 28.0 Å². The first-order valence-corrected chi connectivity index (χ1v) is 11.3. The van der Waals surface area contributed by atoms with E-state index in [0.29, 0.717) is 28.4 Å². The van der Waals surface area contributed by atoms with Crippen LogP contribution < -0.4 is 5.32 Å². The molecule has 4 aromatic heterocycles. The number of hydrogen-bond donors (Lipinski definition) is 1. The van der Waals surface area contributed by atoms with Crippen molar-refractivity contribution in [2.75, 3.05) is 5.32 Å². The molecule has 0 aliphatic carbocycles. The van der Waals surface area contributed by atoms with Crippen molar-refractivity contribution in [1.29, 1.82) is 0 Å². The molecule has 0 aliphatic rings. The predicted octanol–water partition coefficient (Wildman–Crippen LogP) is 5.04. The van der Waals surface area contributed by atoms with Crippen LogP contribution in [0.3, 0.4) is 0 Å². The van der Waals surface area contributed by atoms with Gasteiger partial charge in [0, 0.05) is 29.8 Å². The number of halogens is 1. The Hall–Kier alpha value is -4.92. The van der Waals surface area contributed by atoms with Gasteiger partial charge in [0.2, 0.25) is 0 Å². The summed E-state index contributed by atoms with van der Waals surface area (Å²) >= 11 is 0. The summed E-state index contributed by atoms with van der Waals surface area (Å²) in [4.78, 5) is 26.3. The number of aryl methyl sites for hydroxylation is 1. The van der Waals surface area contributed by atoms with Gasteiger partial charge in [-0.25, -0.2) is 18.9 Å². The van der Waals surface area contributed by atoms with E-state index >= 15 is 0 Å². The molecule has 4 heterocycles. The number of carbonyl (C=O) groups is 1. The lowest BCUT2D eigenvalue weighted by molar-refractivity contribution is 0.102. The highest BCUT2D eigenvalue weighted by atomic mass is 19.1. The first-order valence-electron chi connectivity index (χ1n) is 11.3. The third-order valence-electron chi connectivity index (χ3n) is 6.11. The summed E-state index contributed by atoms with van der Waals surface area (Å²) in [5.74, 6) is 0.591. The van der Waals surface area contributed by atoms with Crippen LogP contribution in [-0.4, -0.2) is 35.0 Å². The van der Waals surface area contributed by atoms with Crippen LogP contribution in [0.15, 0.2) is 79.1 Å². The second-order valence-corrected chi connectivity index (χ2v) is 8.43. The minimum absolute atomic E-state index is 0.285. The molecule has 0 fully saturated rings. The number of nitrogens with one attached hydrogen (secondary N) is 1. The summed E-state index contributed by atoms with van der Waals surface area (Å²) in [6.07, 6.45) is 3.36. The smallest absolute Gasteiger partial charge is 0.256 e. The molecule has 6 rings (SSSR count). The number of amides is 1. The summed E-state index contributed by atoms with van der Waals surface area (Å²) in [7, 11) is 1.91. The average molecular weight is 478 g/mol.